The smallest absolute Gasteiger partial charge is 0.341 e. The van der Waals surface area contributed by atoms with Gasteiger partial charge in [-0.1, -0.05) is 0 Å². The Balaban J connectivity index is 2.38. The maximum Gasteiger partial charge on any atom is 0.341 e. The molecule has 0 aliphatic heterocycles. The van der Waals surface area contributed by atoms with Gasteiger partial charge < -0.3 is 10.4 Å². The van der Waals surface area contributed by atoms with Crippen molar-refractivity contribution >= 4 is 34.2 Å². The van der Waals surface area contributed by atoms with E-state index in [0.29, 0.717) is 23.1 Å². The van der Waals surface area contributed by atoms with Gasteiger partial charge in [-0.05, 0) is 19.1 Å². The van der Waals surface area contributed by atoms with Crippen molar-refractivity contribution in [2.45, 2.75) is 6.92 Å². The van der Waals surface area contributed by atoms with Gasteiger partial charge in [0.1, 0.15) is 11.4 Å². The number of carboxylic acid groups (broad SMARTS) is 1. The fourth-order valence-electron chi connectivity index (χ4n) is 2.12. The summed E-state index contributed by atoms with van der Waals surface area (Å²) in [6.07, 6.45) is 2.88. The maximum atomic E-state index is 12.3. The van der Waals surface area contributed by atoms with E-state index >= 15 is 0 Å². The lowest BCUT2D eigenvalue weighted by Crippen LogP contribution is -2.19. The van der Waals surface area contributed by atoms with Gasteiger partial charge in [-0.15, -0.1) is 11.3 Å². The summed E-state index contributed by atoms with van der Waals surface area (Å²) in [4.78, 5) is 32.2. The van der Waals surface area contributed by atoms with Crippen LogP contribution in [-0.4, -0.2) is 32.2 Å². The third kappa shape index (κ3) is 2.33. The lowest BCUT2D eigenvalue weighted by Gasteiger charge is -2.10. The van der Waals surface area contributed by atoms with Crippen LogP contribution in [0.5, 0.6) is 0 Å². The lowest BCUT2D eigenvalue weighted by molar-refractivity contribution is 0.0695. The third-order valence-corrected chi connectivity index (χ3v) is 3.84. The summed E-state index contributed by atoms with van der Waals surface area (Å²) >= 11 is 1.33. The predicted molar refractivity (Wildman–Crippen MR) is 84.1 cm³/mol. The minimum Gasteiger partial charge on any atom is -0.477 e. The number of hydrogen-bond donors (Lipinski definition) is 2. The molecule has 0 saturated carbocycles. The van der Waals surface area contributed by atoms with Crippen LogP contribution in [0.4, 0.5) is 5.82 Å². The second kappa shape index (κ2) is 5.57. The number of nitrogens with one attached hydrogen (secondary N) is 1. The zero-order valence-corrected chi connectivity index (χ0v) is 12.4. The van der Waals surface area contributed by atoms with Crippen molar-refractivity contribution in [3.63, 3.8) is 0 Å². The molecule has 3 aromatic rings. The average Bonchev–Trinajstić information content (AvgIpc) is 3.01. The Kier molecular flexibility index (Phi) is 3.60. The zero-order chi connectivity index (χ0) is 15.7. The van der Waals surface area contributed by atoms with E-state index in [-0.39, 0.29) is 10.9 Å². The topological polar surface area (TPSA) is 97.1 Å². The fraction of sp³-hybridized carbons (Fsp3) is 0.143. The molecule has 3 heterocycles. The lowest BCUT2D eigenvalue weighted by atomic mass is 10.2. The molecule has 3 aromatic heterocycles. The van der Waals surface area contributed by atoms with Gasteiger partial charge in [0.25, 0.3) is 0 Å². The normalized spacial score (nSPS) is 10.8. The molecule has 112 valence electrons. The summed E-state index contributed by atoms with van der Waals surface area (Å²) in [6, 6.07) is 3.24. The van der Waals surface area contributed by atoms with Crippen molar-refractivity contribution in [2.75, 3.05) is 11.9 Å². The van der Waals surface area contributed by atoms with Crippen LogP contribution >= 0.6 is 11.3 Å². The number of carboxylic acids is 1. The van der Waals surface area contributed by atoms with Crippen LogP contribution in [0, 0.1) is 0 Å². The fourth-order valence-corrected chi connectivity index (χ4v) is 2.73. The molecule has 0 spiro atoms. The second-order valence-corrected chi connectivity index (χ2v) is 5.33. The first kappa shape index (κ1) is 14.2. The highest BCUT2D eigenvalue weighted by molar-refractivity contribution is 7.12. The minimum absolute atomic E-state index is 0.247. The highest BCUT2D eigenvalue weighted by atomic mass is 32.1. The van der Waals surface area contributed by atoms with Crippen LogP contribution in [0.2, 0.25) is 0 Å². The largest absolute Gasteiger partial charge is 0.477 e. The van der Waals surface area contributed by atoms with Crippen molar-refractivity contribution in [2.24, 2.45) is 0 Å². The molecule has 3 rings (SSSR count). The molecule has 7 nitrogen and oxygen atoms in total. The highest BCUT2D eigenvalue weighted by Gasteiger charge is 2.17. The molecule has 0 unspecified atom stereocenters. The Morgan fingerprint density at radius 3 is 2.91 bits per heavy atom. The van der Waals surface area contributed by atoms with Crippen LogP contribution < -0.4 is 10.7 Å². The van der Waals surface area contributed by atoms with Gasteiger partial charge in [0, 0.05) is 24.3 Å². The van der Waals surface area contributed by atoms with Crippen molar-refractivity contribution in [1.29, 1.82) is 0 Å². The first-order valence-electron chi connectivity index (χ1n) is 6.55. The first-order valence-corrected chi connectivity index (χ1v) is 7.43. The Labute approximate surface area is 128 Å². The summed E-state index contributed by atoms with van der Waals surface area (Å²) < 4.78 is 1.53. The van der Waals surface area contributed by atoms with Crippen LogP contribution in [0.1, 0.15) is 17.3 Å². The summed E-state index contributed by atoms with van der Waals surface area (Å²) in [6.45, 7) is 2.63. The summed E-state index contributed by atoms with van der Waals surface area (Å²) in [5.74, 6) is -0.657. The number of pyridine rings is 2. The van der Waals surface area contributed by atoms with Gasteiger partial charge in [-0.2, -0.15) is 0 Å². The van der Waals surface area contributed by atoms with E-state index in [1.807, 2.05) is 6.92 Å². The minimum atomic E-state index is -1.27. The number of carbonyl (C=O) groups is 1. The monoisotopic (exact) mass is 316 g/mol. The molecule has 2 N–H and O–H groups in total. The molecular formula is C14H12N4O3S. The molecule has 22 heavy (non-hydrogen) atoms. The molecule has 0 aliphatic carbocycles. The van der Waals surface area contributed by atoms with Crippen LogP contribution in [0.25, 0.3) is 16.2 Å². The Bertz CT molecular complexity index is 902. The molecule has 8 heteroatoms. The number of rotatable bonds is 4. The van der Waals surface area contributed by atoms with E-state index < -0.39 is 11.4 Å². The van der Waals surface area contributed by atoms with Gasteiger partial charge in [0.15, 0.2) is 10.8 Å². The van der Waals surface area contributed by atoms with E-state index in [4.69, 9.17) is 0 Å². The average molecular weight is 316 g/mol. The van der Waals surface area contributed by atoms with Gasteiger partial charge in [0.05, 0.1) is 5.39 Å². The van der Waals surface area contributed by atoms with Crippen LogP contribution in [0.3, 0.4) is 0 Å². The molecule has 0 atom stereocenters. The number of nitrogens with zero attached hydrogens (tertiary/aromatic N) is 3. The molecule has 0 saturated heterocycles. The van der Waals surface area contributed by atoms with Crippen molar-refractivity contribution in [1.82, 2.24) is 14.5 Å². The van der Waals surface area contributed by atoms with Gasteiger partial charge in [-0.3, -0.25) is 9.36 Å². The number of aromatic carboxylic acids is 1. The number of hydrogen-bond acceptors (Lipinski definition) is 6. The van der Waals surface area contributed by atoms with Crippen molar-refractivity contribution in [3.05, 3.63) is 45.7 Å². The van der Waals surface area contributed by atoms with Gasteiger partial charge >= 0.3 is 5.97 Å². The third-order valence-electron chi connectivity index (χ3n) is 3.06. The van der Waals surface area contributed by atoms with E-state index in [1.54, 1.807) is 23.7 Å². The summed E-state index contributed by atoms with van der Waals surface area (Å²) in [5, 5.41) is 14.9. The molecule has 0 fully saturated rings. The SMILES string of the molecule is CCNc1ccc2c(=O)c(C(=O)O)cn(-c3nccs3)c2n1. The Morgan fingerprint density at radius 1 is 1.45 bits per heavy atom. The van der Waals surface area contributed by atoms with Gasteiger partial charge in [0.2, 0.25) is 5.43 Å². The first-order chi connectivity index (χ1) is 10.6. The molecular weight excluding hydrogens is 304 g/mol. The highest BCUT2D eigenvalue weighted by Crippen LogP contribution is 2.19. The van der Waals surface area contributed by atoms with Crippen LogP contribution in [-0.2, 0) is 0 Å². The predicted octanol–water partition coefficient (Wildman–Crippen LogP) is 1.97. The molecule has 0 radical (unpaired) electrons. The zero-order valence-electron chi connectivity index (χ0n) is 11.6. The van der Waals surface area contributed by atoms with E-state index in [9.17, 15) is 14.7 Å². The molecule has 0 amide bonds. The number of fused-ring (bicyclic) bond motifs is 1. The maximum absolute atomic E-state index is 12.3. The van der Waals surface area contributed by atoms with E-state index in [0.717, 1.165) is 0 Å². The molecule has 0 aromatic carbocycles. The number of anilines is 1. The van der Waals surface area contributed by atoms with Gasteiger partial charge in [-0.25, -0.2) is 14.8 Å². The molecule has 0 bridgehead atoms. The quantitative estimate of drug-likeness (QED) is 0.764. The van der Waals surface area contributed by atoms with Crippen molar-refractivity contribution < 1.29 is 9.90 Å². The van der Waals surface area contributed by atoms with Crippen LogP contribution in [0.15, 0.2) is 34.7 Å². The Hall–Kier alpha value is -2.74. The number of aromatic nitrogens is 3. The summed E-state index contributed by atoms with van der Waals surface area (Å²) in [5.41, 5.74) is -0.477. The Morgan fingerprint density at radius 2 is 2.27 bits per heavy atom. The summed E-state index contributed by atoms with van der Waals surface area (Å²) in [7, 11) is 0. The van der Waals surface area contributed by atoms with E-state index in [2.05, 4.69) is 15.3 Å². The number of thiazole rings is 1. The van der Waals surface area contributed by atoms with Crippen molar-refractivity contribution in [3.8, 4) is 5.13 Å². The second-order valence-electron chi connectivity index (χ2n) is 4.46. The van der Waals surface area contributed by atoms with E-state index in [1.165, 1.54) is 22.1 Å². The standard InChI is InChI=1S/C14H12N4O3S/c1-2-15-10-4-3-8-11(19)9(13(20)21)7-18(12(8)17-10)14-16-5-6-22-14/h3-7H,2H2,1H3,(H,15,17)(H,20,21). The molecule has 0 aliphatic rings.